The van der Waals surface area contributed by atoms with Gasteiger partial charge in [0.25, 0.3) is 17.7 Å². The van der Waals surface area contributed by atoms with Crippen LogP contribution in [0.5, 0.6) is 5.75 Å². The van der Waals surface area contributed by atoms with Crippen LogP contribution in [0.3, 0.4) is 0 Å². The van der Waals surface area contributed by atoms with Crippen LogP contribution in [-0.2, 0) is 19.1 Å². The summed E-state index contributed by atoms with van der Waals surface area (Å²) >= 11 is 6.26. The number of hydrogen-bond acceptors (Lipinski definition) is 7. The van der Waals surface area contributed by atoms with E-state index in [0.29, 0.717) is 5.56 Å². The fourth-order valence-corrected chi connectivity index (χ4v) is 3.78. The molecule has 0 spiro atoms. The van der Waals surface area contributed by atoms with Crippen LogP contribution in [-0.4, -0.2) is 43.4 Å². The summed E-state index contributed by atoms with van der Waals surface area (Å²) in [5.74, 6) is -3.48. The quantitative estimate of drug-likeness (QED) is 0.258. The Morgan fingerprint density at radius 2 is 1.77 bits per heavy atom. The first-order chi connectivity index (χ1) is 18.7. The van der Waals surface area contributed by atoms with Gasteiger partial charge in [-0.1, -0.05) is 29.8 Å². The molecule has 12 heteroatoms. The lowest BCUT2D eigenvalue weighted by atomic mass is 10.1. The molecule has 3 aromatic rings. The second-order valence-electron chi connectivity index (χ2n) is 8.00. The maximum atomic E-state index is 13.7. The third-order valence-corrected chi connectivity index (χ3v) is 5.72. The number of imide groups is 2. The smallest absolute Gasteiger partial charge is 0.337 e. The third-order valence-electron chi connectivity index (χ3n) is 5.42. The SMILES string of the molecule is COC(=O)c1ccc(N2C(=O)NC(=O)/C(=C/c3ccc(OCC(=O)Nc4ccccc4F)c(Cl)c3)C2=O)cc1. The molecule has 0 bridgehead atoms. The van der Waals surface area contributed by atoms with Gasteiger partial charge in [-0.2, -0.15) is 0 Å². The zero-order chi connectivity index (χ0) is 28.1. The summed E-state index contributed by atoms with van der Waals surface area (Å²) in [7, 11) is 1.22. The maximum absolute atomic E-state index is 13.7. The summed E-state index contributed by atoms with van der Waals surface area (Å²) in [4.78, 5) is 62.4. The number of nitrogens with zero attached hydrogens (tertiary/aromatic N) is 1. The van der Waals surface area contributed by atoms with E-state index >= 15 is 0 Å². The van der Waals surface area contributed by atoms with Gasteiger partial charge in [0.1, 0.15) is 17.1 Å². The van der Waals surface area contributed by atoms with Gasteiger partial charge in [0.2, 0.25) is 0 Å². The Hall–Kier alpha value is -5.03. The molecular weight excluding hydrogens is 533 g/mol. The molecule has 39 heavy (non-hydrogen) atoms. The lowest BCUT2D eigenvalue weighted by Gasteiger charge is -2.26. The number of hydrogen-bond donors (Lipinski definition) is 2. The van der Waals surface area contributed by atoms with Crippen LogP contribution in [0.15, 0.2) is 72.3 Å². The van der Waals surface area contributed by atoms with Crippen LogP contribution in [0.25, 0.3) is 6.08 Å². The van der Waals surface area contributed by atoms with Gasteiger partial charge in [0.15, 0.2) is 6.61 Å². The van der Waals surface area contributed by atoms with Crippen LogP contribution in [0.4, 0.5) is 20.6 Å². The number of urea groups is 1. The van der Waals surface area contributed by atoms with Crippen molar-refractivity contribution < 1.29 is 37.8 Å². The minimum absolute atomic E-state index is 0.00142. The third kappa shape index (κ3) is 6.11. The Kier molecular flexibility index (Phi) is 8.01. The molecule has 2 N–H and O–H groups in total. The van der Waals surface area contributed by atoms with Gasteiger partial charge in [0.05, 0.1) is 29.1 Å². The van der Waals surface area contributed by atoms with E-state index in [1.54, 1.807) is 6.07 Å². The molecule has 0 aromatic heterocycles. The van der Waals surface area contributed by atoms with E-state index in [-0.39, 0.29) is 33.3 Å². The molecule has 5 amide bonds. The highest BCUT2D eigenvalue weighted by molar-refractivity contribution is 6.39. The minimum atomic E-state index is -0.955. The lowest BCUT2D eigenvalue weighted by Crippen LogP contribution is -2.54. The number of benzene rings is 3. The highest BCUT2D eigenvalue weighted by Crippen LogP contribution is 2.28. The zero-order valence-corrected chi connectivity index (χ0v) is 21.0. The van der Waals surface area contributed by atoms with Gasteiger partial charge >= 0.3 is 12.0 Å². The molecule has 4 rings (SSSR count). The monoisotopic (exact) mass is 551 g/mol. The van der Waals surface area contributed by atoms with Crippen LogP contribution in [0.1, 0.15) is 15.9 Å². The van der Waals surface area contributed by atoms with Crippen molar-refractivity contribution in [3.63, 3.8) is 0 Å². The Balaban J connectivity index is 1.48. The molecule has 10 nitrogen and oxygen atoms in total. The number of anilines is 2. The van der Waals surface area contributed by atoms with Crippen LogP contribution in [0.2, 0.25) is 5.02 Å². The summed E-state index contributed by atoms with van der Waals surface area (Å²) in [5.41, 5.74) is 0.317. The first-order valence-corrected chi connectivity index (χ1v) is 11.6. The molecule has 0 aliphatic carbocycles. The fourth-order valence-electron chi connectivity index (χ4n) is 3.54. The van der Waals surface area contributed by atoms with Crippen molar-refractivity contribution in [2.24, 2.45) is 0 Å². The average Bonchev–Trinajstić information content (AvgIpc) is 2.91. The molecule has 1 aliphatic heterocycles. The Bertz CT molecular complexity index is 1520. The van der Waals surface area contributed by atoms with E-state index < -0.39 is 42.1 Å². The van der Waals surface area contributed by atoms with Crippen molar-refractivity contribution in [3.8, 4) is 5.75 Å². The zero-order valence-electron chi connectivity index (χ0n) is 20.2. The maximum Gasteiger partial charge on any atom is 0.337 e. The fraction of sp³-hybridized carbons (Fsp3) is 0.0741. The number of barbiturate groups is 1. The number of esters is 1. The predicted octanol–water partition coefficient (Wildman–Crippen LogP) is 3.95. The Labute approximate surface area is 225 Å². The number of carbonyl (C=O) groups is 5. The molecule has 1 aliphatic rings. The highest BCUT2D eigenvalue weighted by atomic mass is 35.5. The van der Waals surface area contributed by atoms with E-state index in [1.807, 2.05) is 0 Å². The largest absolute Gasteiger partial charge is 0.482 e. The molecule has 198 valence electrons. The molecular formula is C27H19ClFN3O7. The molecule has 3 aromatic carbocycles. The number of methoxy groups -OCH3 is 1. The summed E-state index contributed by atoms with van der Waals surface area (Å²) in [6, 6.07) is 14.5. The van der Waals surface area contributed by atoms with Gasteiger partial charge in [-0.15, -0.1) is 0 Å². The summed E-state index contributed by atoms with van der Waals surface area (Å²) in [6.07, 6.45) is 1.24. The van der Waals surface area contributed by atoms with Gasteiger partial charge < -0.3 is 14.8 Å². The first kappa shape index (κ1) is 27.0. The van der Waals surface area contributed by atoms with Crippen LogP contribution in [0, 0.1) is 5.82 Å². The molecule has 0 radical (unpaired) electrons. The molecule has 0 unspecified atom stereocenters. The van der Waals surface area contributed by atoms with Crippen molar-refractivity contribution in [1.82, 2.24) is 5.32 Å². The number of amides is 5. The standard InChI is InChI=1S/C27H19ClFN3O7/c1-38-26(36)16-7-9-17(10-8-16)32-25(35)18(24(34)31-27(32)37)12-15-6-11-22(19(28)13-15)39-14-23(33)30-21-5-3-2-4-20(21)29/h2-13H,14H2,1H3,(H,30,33)(H,31,34,37)/b18-12-. The minimum Gasteiger partial charge on any atom is -0.482 e. The Morgan fingerprint density at radius 1 is 1.05 bits per heavy atom. The second-order valence-corrected chi connectivity index (χ2v) is 8.41. The molecule has 0 saturated carbocycles. The first-order valence-electron chi connectivity index (χ1n) is 11.2. The lowest BCUT2D eigenvalue weighted by molar-refractivity contribution is -0.122. The number of ether oxygens (including phenoxy) is 2. The summed E-state index contributed by atoms with van der Waals surface area (Å²) < 4.78 is 23.7. The van der Waals surface area contributed by atoms with Crippen LogP contribution >= 0.6 is 11.6 Å². The number of halogens is 2. The molecule has 1 heterocycles. The number of rotatable bonds is 7. The van der Waals surface area contributed by atoms with Crippen molar-refractivity contribution in [2.75, 3.05) is 23.9 Å². The topological polar surface area (TPSA) is 131 Å². The van der Waals surface area contributed by atoms with Crippen LogP contribution < -0.4 is 20.3 Å². The van der Waals surface area contributed by atoms with Gasteiger partial charge in [-0.05, 0) is 60.2 Å². The number of nitrogens with one attached hydrogen (secondary N) is 2. The van der Waals surface area contributed by atoms with Gasteiger partial charge in [-0.3, -0.25) is 19.7 Å². The number of para-hydroxylation sites is 1. The summed E-state index contributed by atoms with van der Waals surface area (Å²) in [5, 5.41) is 4.55. The predicted molar refractivity (Wildman–Crippen MR) is 139 cm³/mol. The van der Waals surface area contributed by atoms with Gasteiger partial charge in [0, 0.05) is 0 Å². The molecule has 1 saturated heterocycles. The average molecular weight is 552 g/mol. The number of carbonyl (C=O) groups excluding carboxylic acids is 5. The van der Waals surface area contributed by atoms with E-state index in [0.717, 1.165) is 4.90 Å². The van der Waals surface area contributed by atoms with Crippen molar-refractivity contribution in [2.45, 2.75) is 0 Å². The normalized spacial score (nSPS) is 14.2. The van der Waals surface area contributed by atoms with E-state index in [1.165, 1.54) is 73.8 Å². The Morgan fingerprint density at radius 3 is 2.44 bits per heavy atom. The van der Waals surface area contributed by atoms with E-state index in [9.17, 15) is 28.4 Å². The van der Waals surface area contributed by atoms with Crippen molar-refractivity contribution >= 4 is 58.8 Å². The second kappa shape index (κ2) is 11.6. The van der Waals surface area contributed by atoms with Gasteiger partial charge in [-0.25, -0.2) is 18.9 Å². The van der Waals surface area contributed by atoms with E-state index in [4.69, 9.17) is 16.3 Å². The van der Waals surface area contributed by atoms with E-state index in [2.05, 4.69) is 15.4 Å². The van der Waals surface area contributed by atoms with Crippen molar-refractivity contribution in [1.29, 1.82) is 0 Å². The molecule has 1 fully saturated rings. The highest BCUT2D eigenvalue weighted by Gasteiger charge is 2.36. The summed E-state index contributed by atoms with van der Waals surface area (Å²) in [6.45, 7) is -0.457. The molecule has 0 atom stereocenters. The van der Waals surface area contributed by atoms with Crippen molar-refractivity contribution in [3.05, 3.63) is 94.3 Å².